The first-order chi connectivity index (χ1) is 19.4. The normalized spacial score (nSPS) is 18.4. The second-order valence-corrected chi connectivity index (χ2v) is 9.24. The minimum absolute atomic E-state index is 0.413. The van der Waals surface area contributed by atoms with Crippen molar-refractivity contribution >= 4 is 23.4 Å². The summed E-state index contributed by atoms with van der Waals surface area (Å²) in [7, 11) is 3.09. The van der Waals surface area contributed by atoms with Gasteiger partial charge in [0, 0.05) is 11.4 Å². The van der Waals surface area contributed by atoms with Gasteiger partial charge in [-0.3, -0.25) is 9.80 Å². The van der Waals surface area contributed by atoms with Gasteiger partial charge in [-0.15, -0.1) is 0 Å². The number of methoxy groups -OCH3 is 2. The van der Waals surface area contributed by atoms with Gasteiger partial charge in [0.25, 0.3) is 0 Å². The molecule has 8 nitrogen and oxygen atoms in total. The van der Waals surface area contributed by atoms with Crippen molar-refractivity contribution in [1.82, 2.24) is 10.0 Å². The average Bonchev–Trinajstić information content (AvgIpc) is 3.45. The Bertz CT molecular complexity index is 1430. The summed E-state index contributed by atoms with van der Waals surface area (Å²) < 4.78 is 38.3. The molecule has 2 fully saturated rings. The molecule has 6 rings (SSSR count). The summed E-state index contributed by atoms with van der Waals surface area (Å²) in [5.74, 6) is 0.309. The van der Waals surface area contributed by atoms with Crippen LogP contribution in [0.2, 0.25) is 0 Å². The number of carbonyl (C=O) groups is 2. The van der Waals surface area contributed by atoms with Gasteiger partial charge in [-0.2, -0.15) is 0 Å². The number of benzene rings is 4. The molecule has 4 amide bonds. The molecule has 2 saturated heterocycles. The summed E-state index contributed by atoms with van der Waals surface area (Å²) in [5, 5.41) is 2.76. The monoisotopic (exact) mass is 542 g/mol. The first-order valence-electron chi connectivity index (χ1n) is 12.4. The third kappa shape index (κ3) is 4.05. The molecule has 202 valence electrons. The number of halogens is 2. The standard InChI is InChI=1S/C30H24F2N4O4/c1-39-25-15-3-19(4-16-25)27-33(23-11-7-21(31)8-12-23)29(37)36-28(20-5-17-26(40-2)18-6-20)34(30(38)35(27)36)24-13-9-22(32)10-14-24/h3-18,27-28H,1-2H3/t27-,28+. The Morgan fingerprint density at radius 2 is 0.850 bits per heavy atom. The Morgan fingerprint density at radius 1 is 0.525 bits per heavy atom. The first-order valence-corrected chi connectivity index (χ1v) is 12.4. The molecule has 0 N–H and O–H groups in total. The van der Waals surface area contributed by atoms with Gasteiger partial charge in [0.15, 0.2) is 12.3 Å². The van der Waals surface area contributed by atoms with Crippen LogP contribution in [-0.2, 0) is 0 Å². The number of ether oxygens (including phenoxy) is 2. The molecule has 2 aliphatic heterocycles. The predicted octanol–water partition coefficient (Wildman–Crippen LogP) is 6.48. The molecule has 0 bridgehead atoms. The number of fused-ring (bicyclic) bond motifs is 1. The average molecular weight is 543 g/mol. The summed E-state index contributed by atoms with van der Waals surface area (Å²) in [5.41, 5.74) is 2.08. The van der Waals surface area contributed by atoms with E-state index in [9.17, 15) is 18.4 Å². The SMILES string of the molecule is COc1ccc([C@@H]2N(c3ccc(F)cc3)C(=O)N3[C@@H](c4ccc(OC)cc4)N(c4ccc(F)cc4)C(=O)N23)cc1. The fourth-order valence-electron chi connectivity index (χ4n) is 5.12. The molecule has 4 aromatic rings. The lowest BCUT2D eigenvalue weighted by molar-refractivity contribution is 0.0696. The molecule has 0 aromatic heterocycles. The quantitative estimate of drug-likeness (QED) is 0.280. The summed E-state index contributed by atoms with van der Waals surface area (Å²) in [6.45, 7) is 0. The third-order valence-corrected chi connectivity index (χ3v) is 7.03. The smallest absolute Gasteiger partial charge is 0.347 e. The summed E-state index contributed by atoms with van der Waals surface area (Å²) in [4.78, 5) is 31.5. The van der Waals surface area contributed by atoms with Crippen LogP contribution in [0.1, 0.15) is 23.5 Å². The van der Waals surface area contributed by atoms with Crippen molar-refractivity contribution in [3.63, 3.8) is 0 Å². The molecule has 0 aliphatic carbocycles. The zero-order chi connectivity index (χ0) is 28.0. The van der Waals surface area contributed by atoms with E-state index in [-0.39, 0.29) is 0 Å². The Hall–Kier alpha value is -5.12. The minimum Gasteiger partial charge on any atom is -0.497 e. The maximum absolute atomic E-state index is 14.3. The van der Waals surface area contributed by atoms with Gasteiger partial charge < -0.3 is 9.47 Å². The van der Waals surface area contributed by atoms with E-state index in [2.05, 4.69) is 0 Å². The van der Waals surface area contributed by atoms with Crippen molar-refractivity contribution in [1.29, 1.82) is 0 Å². The van der Waals surface area contributed by atoms with Gasteiger partial charge in [0.2, 0.25) is 0 Å². The third-order valence-electron chi connectivity index (χ3n) is 7.03. The summed E-state index contributed by atoms with van der Waals surface area (Å²) >= 11 is 0. The molecular formula is C30H24F2N4O4. The van der Waals surface area contributed by atoms with Gasteiger partial charge in [-0.05, 0) is 83.9 Å². The van der Waals surface area contributed by atoms with E-state index in [1.807, 2.05) is 0 Å². The number of hydrazine groups is 1. The fourth-order valence-corrected chi connectivity index (χ4v) is 5.12. The minimum atomic E-state index is -0.900. The highest BCUT2D eigenvalue weighted by atomic mass is 19.1. The second-order valence-electron chi connectivity index (χ2n) is 9.24. The highest BCUT2D eigenvalue weighted by Gasteiger charge is 2.59. The molecule has 0 radical (unpaired) electrons. The van der Waals surface area contributed by atoms with Crippen molar-refractivity contribution in [2.45, 2.75) is 12.3 Å². The van der Waals surface area contributed by atoms with Crippen molar-refractivity contribution in [3.05, 3.63) is 120 Å². The van der Waals surface area contributed by atoms with Crippen LogP contribution in [-0.4, -0.2) is 36.3 Å². The van der Waals surface area contributed by atoms with Crippen LogP contribution >= 0.6 is 0 Å². The number of hydrogen-bond donors (Lipinski definition) is 0. The number of nitrogens with zero attached hydrogens (tertiary/aromatic N) is 4. The van der Waals surface area contributed by atoms with Crippen LogP contribution in [0.3, 0.4) is 0 Å². The molecule has 2 heterocycles. The van der Waals surface area contributed by atoms with Crippen LogP contribution in [0.4, 0.5) is 29.7 Å². The van der Waals surface area contributed by atoms with Crippen molar-refractivity contribution in [2.75, 3.05) is 24.0 Å². The lowest BCUT2D eigenvalue weighted by Gasteiger charge is -2.29. The summed E-state index contributed by atoms with van der Waals surface area (Å²) in [6, 6.07) is 24.1. The molecule has 0 unspecified atom stereocenters. The van der Waals surface area contributed by atoms with E-state index in [0.29, 0.717) is 34.0 Å². The maximum atomic E-state index is 14.3. The van der Waals surface area contributed by atoms with Gasteiger partial charge >= 0.3 is 12.1 Å². The van der Waals surface area contributed by atoms with E-state index < -0.39 is 36.0 Å². The number of anilines is 2. The zero-order valence-electron chi connectivity index (χ0n) is 21.6. The second kappa shape index (κ2) is 9.88. The van der Waals surface area contributed by atoms with Crippen LogP contribution in [0.5, 0.6) is 11.5 Å². The highest BCUT2D eigenvalue weighted by molar-refractivity contribution is 6.05. The molecule has 40 heavy (non-hydrogen) atoms. The Kier molecular flexibility index (Phi) is 6.22. The van der Waals surface area contributed by atoms with Crippen molar-refractivity contribution in [2.24, 2.45) is 0 Å². The molecule has 10 heteroatoms. The van der Waals surface area contributed by atoms with Crippen LogP contribution in [0.25, 0.3) is 0 Å². The molecular weight excluding hydrogens is 518 g/mol. The topological polar surface area (TPSA) is 65.6 Å². The summed E-state index contributed by atoms with van der Waals surface area (Å²) in [6.07, 6.45) is -1.80. The highest BCUT2D eigenvalue weighted by Crippen LogP contribution is 2.49. The van der Waals surface area contributed by atoms with Gasteiger partial charge in [0.05, 0.1) is 14.2 Å². The van der Waals surface area contributed by atoms with Gasteiger partial charge in [-0.1, -0.05) is 24.3 Å². The number of amides is 4. The maximum Gasteiger partial charge on any atom is 0.347 e. The molecule has 4 aromatic carbocycles. The van der Waals surface area contributed by atoms with Crippen LogP contribution in [0.15, 0.2) is 97.1 Å². The molecule has 2 atom stereocenters. The molecule has 0 spiro atoms. The number of rotatable bonds is 6. The van der Waals surface area contributed by atoms with Crippen molar-refractivity contribution < 1.29 is 27.8 Å². The van der Waals surface area contributed by atoms with E-state index in [4.69, 9.17) is 9.47 Å². The number of hydrogen-bond acceptors (Lipinski definition) is 4. The Labute approximate surface area is 229 Å². The molecule has 0 saturated carbocycles. The van der Waals surface area contributed by atoms with Crippen LogP contribution in [0, 0.1) is 11.6 Å². The molecule has 2 aliphatic rings. The van der Waals surface area contributed by atoms with E-state index >= 15 is 0 Å². The Balaban J connectivity index is 1.53. The van der Waals surface area contributed by atoms with E-state index in [1.54, 1.807) is 62.8 Å². The lowest BCUT2D eigenvalue weighted by atomic mass is 10.1. The fraction of sp³-hybridized carbons (Fsp3) is 0.133. The first kappa shape index (κ1) is 25.2. The largest absolute Gasteiger partial charge is 0.497 e. The zero-order valence-corrected chi connectivity index (χ0v) is 21.6. The van der Waals surface area contributed by atoms with E-state index in [1.165, 1.54) is 68.3 Å². The lowest BCUT2D eigenvalue weighted by Crippen LogP contribution is -2.40. The predicted molar refractivity (Wildman–Crippen MR) is 144 cm³/mol. The van der Waals surface area contributed by atoms with Gasteiger partial charge in [0.1, 0.15) is 23.1 Å². The van der Waals surface area contributed by atoms with E-state index in [0.717, 1.165) is 0 Å². The van der Waals surface area contributed by atoms with Gasteiger partial charge in [-0.25, -0.2) is 28.4 Å². The number of urea groups is 2. The number of carbonyl (C=O) groups excluding carboxylic acids is 2. The van der Waals surface area contributed by atoms with Crippen molar-refractivity contribution in [3.8, 4) is 11.5 Å². The Morgan fingerprint density at radius 3 is 1.15 bits per heavy atom. The van der Waals surface area contributed by atoms with Crippen LogP contribution < -0.4 is 19.3 Å².